The molecule has 2 aromatic heterocycles. The maximum absolute atomic E-state index is 12.3. The Kier molecular flexibility index (Phi) is 6.52. The number of thiazole rings is 1. The van der Waals surface area contributed by atoms with Crippen LogP contribution in [-0.2, 0) is 22.5 Å². The molecule has 1 amide bonds. The smallest absolute Gasteiger partial charge is 0.350 e. The summed E-state index contributed by atoms with van der Waals surface area (Å²) in [6.07, 6.45) is 0.955. The Morgan fingerprint density at radius 1 is 1.23 bits per heavy atom. The van der Waals surface area contributed by atoms with Gasteiger partial charge < -0.3 is 10.1 Å². The van der Waals surface area contributed by atoms with E-state index < -0.39 is 5.97 Å². The highest BCUT2D eigenvalue weighted by Crippen LogP contribution is 2.24. The van der Waals surface area contributed by atoms with Gasteiger partial charge in [-0.05, 0) is 38.7 Å². The first kappa shape index (κ1) is 20.1. The van der Waals surface area contributed by atoms with Gasteiger partial charge >= 0.3 is 5.97 Å². The lowest BCUT2D eigenvalue weighted by molar-refractivity contribution is -0.116. The van der Waals surface area contributed by atoms with Crippen molar-refractivity contribution in [3.05, 3.63) is 27.5 Å². The van der Waals surface area contributed by atoms with Crippen molar-refractivity contribution >= 4 is 28.3 Å². The number of aromatic nitrogens is 3. The quantitative estimate of drug-likeness (QED) is 0.747. The van der Waals surface area contributed by atoms with Crippen molar-refractivity contribution in [1.82, 2.24) is 14.8 Å². The van der Waals surface area contributed by atoms with Crippen molar-refractivity contribution in [3.8, 4) is 0 Å². The van der Waals surface area contributed by atoms with E-state index in [0.29, 0.717) is 34.5 Å². The monoisotopic (exact) mass is 378 g/mol. The molecule has 1 N–H and O–H groups in total. The second kappa shape index (κ2) is 8.44. The summed E-state index contributed by atoms with van der Waals surface area (Å²) in [5.74, 6) is -0.0591. The van der Waals surface area contributed by atoms with Gasteiger partial charge in [-0.1, -0.05) is 25.2 Å². The number of nitrogens with one attached hydrogen (secondary N) is 1. The number of nitrogens with zero attached hydrogens (tertiary/aromatic N) is 3. The molecular formula is C18H26N4O3S. The van der Waals surface area contributed by atoms with Crippen LogP contribution in [0.25, 0.3) is 0 Å². The highest BCUT2D eigenvalue weighted by atomic mass is 32.1. The van der Waals surface area contributed by atoms with Crippen molar-refractivity contribution < 1.29 is 14.3 Å². The predicted molar refractivity (Wildman–Crippen MR) is 102 cm³/mol. The Balaban J connectivity index is 1.99. The molecule has 26 heavy (non-hydrogen) atoms. The molecular weight excluding hydrogens is 352 g/mol. The van der Waals surface area contributed by atoms with Gasteiger partial charge in [0.05, 0.1) is 18.5 Å². The van der Waals surface area contributed by atoms with Crippen LogP contribution in [0.4, 0.5) is 5.13 Å². The first-order valence-corrected chi connectivity index (χ1v) is 9.43. The fourth-order valence-electron chi connectivity index (χ4n) is 2.77. The van der Waals surface area contributed by atoms with Gasteiger partial charge in [0.1, 0.15) is 4.88 Å². The number of methoxy groups -OCH3 is 1. The molecule has 2 aromatic rings. The topological polar surface area (TPSA) is 86.1 Å². The summed E-state index contributed by atoms with van der Waals surface area (Å²) in [4.78, 5) is 28.5. The molecule has 0 aliphatic rings. The van der Waals surface area contributed by atoms with Gasteiger partial charge in [0, 0.05) is 18.7 Å². The second-order valence-electron chi connectivity index (χ2n) is 6.70. The number of aryl methyl sites for hydroxylation is 2. The summed E-state index contributed by atoms with van der Waals surface area (Å²) in [7, 11) is 1.32. The minimum Gasteiger partial charge on any atom is -0.465 e. The Morgan fingerprint density at radius 2 is 1.92 bits per heavy atom. The first-order chi connectivity index (χ1) is 12.2. The number of rotatable bonds is 7. The predicted octanol–water partition coefficient (Wildman–Crippen LogP) is 3.28. The lowest BCUT2D eigenvalue weighted by atomic mass is 10.1. The maximum Gasteiger partial charge on any atom is 0.350 e. The van der Waals surface area contributed by atoms with Crippen LogP contribution in [0, 0.1) is 26.7 Å². The Hall–Kier alpha value is -2.22. The molecule has 0 spiro atoms. The molecule has 0 aliphatic heterocycles. The number of esters is 1. The van der Waals surface area contributed by atoms with Gasteiger partial charge in [0.15, 0.2) is 5.13 Å². The summed E-state index contributed by atoms with van der Waals surface area (Å²) in [5, 5.41) is 7.76. The lowest BCUT2D eigenvalue weighted by Crippen LogP contribution is -2.13. The van der Waals surface area contributed by atoms with E-state index in [-0.39, 0.29) is 5.91 Å². The molecule has 7 nitrogen and oxygen atoms in total. The van der Waals surface area contributed by atoms with Crippen LogP contribution >= 0.6 is 11.3 Å². The Morgan fingerprint density at radius 3 is 2.54 bits per heavy atom. The summed E-state index contributed by atoms with van der Waals surface area (Å²) in [6.45, 7) is 10.9. The molecule has 8 heteroatoms. The van der Waals surface area contributed by atoms with Crippen molar-refractivity contribution in [2.24, 2.45) is 5.92 Å². The molecule has 0 radical (unpaired) electrons. The fourth-order valence-corrected chi connectivity index (χ4v) is 3.67. The third-order valence-electron chi connectivity index (χ3n) is 4.09. The van der Waals surface area contributed by atoms with Gasteiger partial charge in [0.25, 0.3) is 0 Å². The third-order valence-corrected chi connectivity index (χ3v) is 5.14. The van der Waals surface area contributed by atoms with Crippen LogP contribution < -0.4 is 5.32 Å². The van der Waals surface area contributed by atoms with E-state index in [1.807, 2.05) is 18.5 Å². The molecule has 2 rings (SSSR count). The molecule has 0 fully saturated rings. The van der Waals surface area contributed by atoms with Gasteiger partial charge in [-0.2, -0.15) is 5.10 Å². The van der Waals surface area contributed by atoms with Gasteiger partial charge in [-0.25, -0.2) is 9.78 Å². The normalized spacial score (nSPS) is 11.0. The number of carbonyl (C=O) groups excluding carboxylic acids is 2. The van der Waals surface area contributed by atoms with Gasteiger partial charge in [-0.15, -0.1) is 0 Å². The summed E-state index contributed by atoms with van der Waals surface area (Å²) >= 11 is 1.13. The standard InChI is InChI=1S/C18H26N4O3S/c1-10(2)9-22-13(5)14(11(3)21-22)7-8-15(23)20-18-19-12(4)16(26-18)17(24)25-6/h10H,7-9H2,1-6H3,(H,19,20,23). The second-order valence-corrected chi connectivity index (χ2v) is 7.70. The maximum atomic E-state index is 12.3. The van der Waals surface area contributed by atoms with Crippen LogP contribution in [0.5, 0.6) is 0 Å². The zero-order valence-electron chi connectivity index (χ0n) is 16.2. The van der Waals surface area contributed by atoms with Crippen molar-refractivity contribution in [2.75, 3.05) is 12.4 Å². The molecule has 0 atom stereocenters. The molecule has 0 saturated carbocycles. The third kappa shape index (κ3) is 4.69. The zero-order chi connectivity index (χ0) is 19.4. The molecule has 0 unspecified atom stereocenters. The number of carbonyl (C=O) groups is 2. The number of ether oxygens (including phenoxy) is 1. The van der Waals surface area contributed by atoms with Crippen molar-refractivity contribution in [2.45, 2.75) is 54.0 Å². The molecule has 0 saturated heterocycles. The SMILES string of the molecule is COC(=O)c1sc(NC(=O)CCc2c(C)nn(CC(C)C)c2C)nc1C. The fraction of sp³-hybridized carbons (Fsp3) is 0.556. The molecule has 2 heterocycles. The zero-order valence-corrected chi connectivity index (χ0v) is 17.0. The minimum absolute atomic E-state index is 0.134. The van der Waals surface area contributed by atoms with E-state index >= 15 is 0 Å². The van der Waals surface area contributed by atoms with Crippen molar-refractivity contribution in [3.63, 3.8) is 0 Å². The average Bonchev–Trinajstić information content (AvgIpc) is 3.04. The number of anilines is 1. The van der Waals surface area contributed by atoms with Gasteiger partial charge in [0.2, 0.25) is 5.91 Å². The van der Waals surface area contributed by atoms with Crippen LogP contribution in [-0.4, -0.2) is 33.8 Å². The highest BCUT2D eigenvalue weighted by Gasteiger charge is 2.18. The van der Waals surface area contributed by atoms with E-state index in [0.717, 1.165) is 34.8 Å². The van der Waals surface area contributed by atoms with Crippen LogP contribution in [0.1, 0.15) is 52.6 Å². The highest BCUT2D eigenvalue weighted by molar-refractivity contribution is 7.17. The molecule has 0 bridgehead atoms. The summed E-state index contributed by atoms with van der Waals surface area (Å²) in [5.41, 5.74) is 3.75. The Labute approximate surface area is 157 Å². The van der Waals surface area contributed by atoms with Crippen LogP contribution in [0.15, 0.2) is 0 Å². The van der Waals surface area contributed by atoms with Crippen LogP contribution in [0.2, 0.25) is 0 Å². The summed E-state index contributed by atoms with van der Waals surface area (Å²) < 4.78 is 6.72. The Bertz CT molecular complexity index is 808. The molecule has 0 aliphatic carbocycles. The van der Waals surface area contributed by atoms with Gasteiger partial charge in [-0.3, -0.25) is 9.48 Å². The van der Waals surface area contributed by atoms with E-state index in [2.05, 4.69) is 29.2 Å². The van der Waals surface area contributed by atoms with E-state index in [9.17, 15) is 9.59 Å². The minimum atomic E-state index is -0.440. The summed E-state index contributed by atoms with van der Waals surface area (Å²) in [6, 6.07) is 0. The first-order valence-electron chi connectivity index (χ1n) is 8.61. The largest absolute Gasteiger partial charge is 0.465 e. The lowest BCUT2D eigenvalue weighted by Gasteiger charge is -2.08. The van der Waals surface area contributed by atoms with Crippen LogP contribution in [0.3, 0.4) is 0 Å². The number of hydrogen-bond acceptors (Lipinski definition) is 6. The number of hydrogen-bond donors (Lipinski definition) is 1. The van der Waals surface area contributed by atoms with E-state index in [1.54, 1.807) is 6.92 Å². The molecule has 0 aromatic carbocycles. The van der Waals surface area contributed by atoms with E-state index in [1.165, 1.54) is 7.11 Å². The number of amides is 1. The van der Waals surface area contributed by atoms with E-state index in [4.69, 9.17) is 4.74 Å². The average molecular weight is 378 g/mol. The molecule has 142 valence electrons. The van der Waals surface area contributed by atoms with Crippen molar-refractivity contribution in [1.29, 1.82) is 0 Å².